The molecule has 0 rings (SSSR count). The van der Waals surface area contributed by atoms with Crippen molar-refractivity contribution in [2.75, 3.05) is 13.2 Å². The van der Waals surface area contributed by atoms with E-state index in [0.29, 0.717) is 19.3 Å². The van der Waals surface area contributed by atoms with Gasteiger partial charge >= 0.3 is 17.9 Å². The average Bonchev–Trinajstić information content (AvgIpc) is 3.43. The maximum absolute atomic E-state index is 12.9. The molecule has 0 aliphatic carbocycles. The summed E-state index contributed by atoms with van der Waals surface area (Å²) in [5, 5.41) is 0. The summed E-state index contributed by atoms with van der Waals surface area (Å²) >= 11 is 0. The molecule has 0 radical (unpaired) electrons. The molecule has 0 heterocycles. The third kappa shape index (κ3) is 62.5. The van der Waals surface area contributed by atoms with Gasteiger partial charge in [-0.15, -0.1) is 0 Å². The minimum absolute atomic E-state index is 0.100. The van der Waals surface area contributed by atoms with E-state index in [-0.39, 0.29) is 37.5 Å². The predicted molar refractivity (Wildman–Crippen MR) is 334 cm³/mol. The summed E-state index contributed by atoms with van der Waals surface area (Å²) in [5.74, 6) is -0.965. The van der Waals surface area contributed by atoms with E-state index in [1.165, 1.54) is 128 Å². The molecule has 0 aromatic carbocycles. The number of esters is 3. The lowest BCUT2D eigenvalue weighted by Crippen LogP contribution is -2.30. The molecule has 0 aromatic rings. The van der Waals surface area contributed by atoms with Crippen LogP contribution in [0.2, 0.25) is 0 Å². The Hall–Kier alpha value is -4.19. The fraction of sp³-hybridized carbons (Fsp3) is 0.676. The van der Waals surface area contributed by atoms with Crippen molar-refractivity contribution in [2.45, 2.75) is 297 Å². The van der Waals surface area contributed by atoms with E-state index in [4.69, 9.17) is 14.2 Å². The number of ether oxygens (including phenoxy) is 3. The van der Waals surface area contributed by atoms with Gasteiger partial charge in [0.25, 0.3) is 0 Å². The first-order valence-corrected chi connectivity index (χ1v) is 32.0. The van der Waals surface area contributed by atoms with Crippen molar-refractivity contribution in [3.05, 3.63) is 122 Å². The number of allylic oxidation sites excluding steroid dienone is 20. The van der Waals surface area contributed by atoms with Gasteiger partial charge in [0.15, 0.2) is 6.10 Å². The van der Waals surface area contributed by atoms with Crippen molar-refractivity contribution in [1.82, 2.24) is 0 Å². The van der Waals surface area contributed by atoms with E-state index in [2.05, 4.69) is 142 Å². The number of carbonyl (C=O) groups is 3. The summed E-state index contributed by atoms with van der Waals surface area (Å²) in [6, 6.07) is 0. The Balaban J connectivity index is 4.41. The van der Waals surface area contributed by atoms with Crippen LogP contribution in [0.5, 0.6) is 0 Å². The fourth-order valence-corrected chi connectivity index (χ4v) is 8.67. The summed E-state index contributed by atoms with van der Waals surface area (Å²) in [6.45, 7) is 6.47. The fourth-order valence-electron chi connectivity index (χ4n) is 8.67. The Labute approximate surface area is 475 Å². The van der Waals surface area contributed by atoms with E-state index < -0.39 is 6.10 Å². The first kappa shape index (κ1) is 72.8. The minimum Gasteiger partial charge on any atom is -0.462 e. The lowest BCUT2D eigenvalue weighted by atomic mass is 10.0. The molecule has 0 fully saturated rings. The molecule has 6 nitrogen and oxygen atoms in total. The second kappa shape index (κ2) is 64.3. The smallest absolute Gasteiger partial charge is 0.306 e. The minimum atomic E-state index is -0.806. The van der Waals surface area contributed by atoms with Crippen LogP contribution >= 0.6 is 0 Å². The Morgan fingerprint density at radius 2 is 0.519 bits per heavy atom. The highest BCUT2D eigenvalue weighted by Gasteiger charge is 2.19. The zero-order valence-electron chi connectivity index (χ0n) is 50.2. The molecule has 0 amide bonds. The number of hydrogen-bond acceptors (Lipinski definition) is 6. The monoisotopic (exact) mass is 1070 g/mol. The molecule has 1 unspecified atom stereocenters. The van der Waals surface area contributed by atoms with Gasteiger partial charge in [-0.05, 0) is 109 Å². The molecular weight excluding hydrogens is 949 g/mol. The van der Waals surface area contributed by atoms with Gasteiger partial charge in [0.2, 0.25) is 0 Å². The van der Waals surface area contributed by atoms with Crippen molar-refractivity contribution in [1.29, 1.82) is 0 Å². The lowest BCUT2D eigenvalue weighted by Gasteiger charge is -2.18. The van der Waals surface area contributed by atoms with Gasteiger partial charge in [0.05, 0.1) is 0 Å². The standard InChI is InChI=1S/C71H118O6/c1-4-7-10-13-16-19-22-25-27-29-31-32-33-34-35-36-37-38-39-40-41-43-44-46-49-52-55-58-61-64-70(73)76-67-68(66-75-69(72)63-60-57-54-51-48-24-21-18-15-12-9-6-3)77-71(74)65-62-59-56-53-50-47-45-42-30-28-26-23-20-17-14-11-8-5-2/h7,10,16,18-19,21,25,27,31-32,34-35,37-38,40-41,44,46,52,55,68H,4-6,8-9,11-15,17,20,22-24,26,28-30,33,36,39,42-43,45,47-51,53-54,56-67H2,1-3H3/b10-7-,19-16-,21-18-,27-25-,32-31-,35-34-,38-37-,41-40-,46-44-,55-52-. The van der Waals surface area contributed by atoms with Crippen LogP contribution in [-0.4, -0.2) is 37.2 Å². The Bertz CT molecular complexity index is 1600. The summed E-state index contributed by atoms with van der Waals surface area (Å²) in [6.07, 6.45) is 89.3. The van der Waals surface area contributed by atoms with Gasteiger partial charge in [-0.25, -0.2) is 0 Å². The normalized spacial score (nSPS) is 12.9. The van der Waals surface area contributed by atoms with E-state index in [1.54, 1.807) is 0 Å². The van der Waals surface area contributed by atoms with Gasteiger partial charge in [-0.3, -0.25) is 14.4 Å². The topological polar surface area (TPSA) is 78.9 Å². The van der Waals surface area contributed by atoms with Gasteiger partial charge in [-0.2, -0.15) is 0 Å². The molecule has 0 bridgehead atoms. The van der Waals surface area contributed by atoms with Crippen molar-refractivity contribution in [3.63, 3.8) is 0 Å². The highest BCUT2D eigenvalue weighted by Crippen LogP contribution is 2.16. The largest absolute Gasteiger partial charge is 0.462 e. The molecule has 0 N–H and O–H groups in total. The average molecular weight is 1070 g/mol. The zero-order chi connectivity index (χ0) is 55.7. The highest BCUT2D eigenvalue weighted by molar-refractivity contribution is 5.71. The molecule has 6 heteroatoms. The van der Waals surface area contributed by atoms with Crippen molar-refractivity contribution in [3.8, 4) is 0 Å². The molecule has 0 aliphatic heterocycles. The second-order valence-corrected chi connectivity index (χ2v) is 20.9. The second-order valence-electron chi connectivity index (χ2n) is 20.9. The number of hydrogen-bond donors (Lipinski definition) is 0. The van der Waals surface area contributed by atoms with Crippen molar-refractivity contribution < 1.29 is 28.6 Å². The maximum Gasteiger partial charge on any atom is 0.306 e. The number of unbranched alkanes of at least 4 members (excludes halogenated alkanes) is 26. The molecule has 0 saturated carbocycles. The predicted octanol–water partition coefficient (Wildman–Crippen LogP) is 22.0. The molecule has 438 valence electrons. The first-order valence-electron chi connectivity index (χ1n) is 32.0. The zero-order valence-corrected chi connectivity index (χ0v) is 50.2. The van der Waals surface area contributed by atoms with E-state index >= 15 is 0 Å². The van der Waals surface area contributed by atoms with Gasteiger partial charge in [0.1, 0.15) is 13.2 Å². The van der Waals surface area contributed by atoms with Gasteiger partial charge in [-0.1, -0.05) is 284 Å². The van der Waals surface area contributed by atoms with Crippen LogP contribution in [0, 0.1) is 0 Å². The number of rotatable bonds is 57. The third-order valence-corrected chi connectivity index (χ3v) is 13.5. The third-order valence-electron chi connectivity index (χ3n) is 13.5. The summed E-state index contributed by atoms with van der Waals surface area (Å²) in [7, 11) is 0. The van der Waals surface area contributed by atoms with Gasteiger partial charge in [0, 0.05) is 19.3 Å². The van der Waals surface area contributed by atoms with Crippen molar-refractivity contribution >= 4 is 17.9 Å². The van der Waals surface area contributed by atoms with Crippen LogP contribution in [0.4, 0.5) is 0 Å². The molecule has 0 spiro atoms. The van der Waals surface area contributed by atoms with Crippen molar-refractivity contribution in [2.24, 2.45) is 0 Å². The van der Waals surface area contributed by atoms with E-state index in [1.807, 2.05) is 0 Å². The summed E-state index contributed by atoms with van der Waals surface area (Å²) in [5.41, 5.74) is 0. The molecule has 0 aromatic heterocycles. The first-order chi connectivity index (χ1) is 38.0. The van der Waals surface area contributed by atoms with Crippen LogP contribution in [0.15, 0.2) is 122 Å². The summed E-state index contributed by atoms with van der Waals surface area (Å²) in [4.78, 5) is 38.2. The molecule has 0 saturated heterocycles. The highest BCUT2D eigenvalue weighted by atomic mass is 16.6. The van der Waals surface area contributed by atoms with Crippen LogP contribution in [0.1, 0.15) is 290 Å². The van der Waals surface area contributed by atoms with E-state index in [0.717, 1.165) is 116 Å². The van der Waals surface area contributed by atoms with E-state index in [9.17, 15) is 14.4 Å². The molecular formula is C71H118O6. The molecule has 77 heavy (non-hydrogen) atoms. The summed E-state index contributed by atoms with van der Waals surface area (Å²) < 4.78 is 16.8. The maximum atomic E-state index is 12.9. The number of carbonyl (C=O) groups excluding carboxylic acids is 3. The molecule has 0 aliphatic rings. The van der Waals surface area contributed by atoms with Crippen LogP contribution in [-0.2, 0) is 28.6 Å². The molecule has 1 atom stereocenters. The van der Waals surface area contributed by atoms with Gasteiger partial charge < -0.3 is 14.2 Å². The Morgan fingerprint density at radius 3 is 0.883 bits per heavy atom. The lowest BCUT2D eigenvalue weighted by molar-refractivity contribution is -0.167. The van der Waals surface area contributed by atoms with Crippen LogP contribution in [0.3, 0.4) is 0 Å². The van der Waals surface area contributed by atoms with Crippen LogP contribution < -0.4 is 0 Å². The SMILES string of the molecule is CC/C=C\C/C=C\C/C=C\C/C=C\C/C=C\C/C=C\C/C=C\C/C=C\C/C=C\CCCC(=O)OCC(COC(=O)CCCCCCC/C=C\CCCCC)OC(=O)CCCCCCCCCCCCCCCCCCCC. The quantitative estimate of drug-likeness (QED) is 0.0261. The van der Waals surface area contributed by atoms with Crippen LogP contribution in [0.25, 0.3) is 0 Å². The Kier molecular flexibility index (Phi) is 60.8. The Morgan fingerprint density at radius 1 is 0.273 bits per heavy atom.